The highest BCUT2D eigenvalue weighted by Crippen LogP contribution is 1.99. The van der Waals surface area contributed by atoms with Gasteiger partial charge in [-0.3, -0.25) is 0 Å². The molecule has 0 fully saturated rings. The van der Waals surface area contributed by atoms with Crippen molar-refractivity contribution in [3.05, 3.63) is 35.9 Å². The van der Waals surface area contributed by atoms with E-state index in [4.69, 9.17) is 4.74 Å². The Morgan fingerprint density at radius 2 is 2.00 bits per heavy atom. The summed E-state index contributed by atoms with van der Waals surface area (Å²) in [6, 6.07) is 10.1. The molecule has 0 unspecified atom stereocenters. The van der Waals surface area contributed by atoms with Crippen molar-refractivity contribution < 1.29 is 4.74 Å². The van der Waals surface area contributed by atoms with Crippen LogP contribution in [0.1, 0.15) is 5.56 Å². The molecule has 62 valence electrons. The maximum atomic E-state index is 5.31. The van der Waals surface area contributed by atoms with Crippen LogP contribution in [0.25, 0.3) is 0 Å². The lowest BCUT2D eigenvalue weighted by atomic mass is 10.2. The van der Waals surface area contributed by atoms with Crippen LogP contribution < -0.4 is 0 Å². The SMILES string of the molecule is [SiH3]C#CCOCc1ccccc1. The van der Waals surface area contributed by atoms with E-state index >= 15 is 0 Å². The van der Waals surface area contributed by atoms with Crippen molar-refractivity contribution >= 4 is 10.2 Å². The first-order valence-corrected chi connectivity index (χ1v) is 4.95. The van der Waals surface area contributed by atoms with Gasteiger partial charge in [-0.05, 0) is 5.56 Å². The van der Waals surface area contributed by atoms with Gasteiger partial charge in [-0.25, -0.2) is 0 Å². The summed E-state index contributed by atoms with van der Waals surface area (Å²) >= 11 is 0. The van der Waals surface area contributed by atoms with E-state index in [-0.39, 0.29) is 0 Å². The molecule has 0 heterocycles. The van der Waals surface area contributed by atoms with Gasteiger partial charge in [0.25, 0.3) is 0 Å². The van der Waals surface area contributed by atoms with E-state index in [9.17, 15) is 0 Å². The minimum atomic E-state index is 0.554. The molecule has 1 aromatic carbocycles. The van der Waals surface area contributed by atoms with Gasteiger partial charge < -0.3 is 4.74 Å². The number of hydrogen-bond acceptors (Lipinski definition) is 1. The highest BCUT2D eigenvalue weighted by molar-refractivity contribution is 6.22. The van der Waals surface area contributed by atoms with Gasteiger partial charge in [0.1, 0.15) is 6.61 Å². The summed E-state index contributed by atoms with van der Waals surface area (Å²) < 4.78 is 5.31. The van der Waals surface area contributed by atoms with Crippen molar-refractivity contribution in [2.45, 2.75) is 6.61 Å². The summed E-state index contributed by atoms with van der Waals surface area (Å²) in [4.78, 5) is 0. The maximum absolute atomic E-state index is 5.31. The Morgan fingerprint density at radius 1 is 1.25 bits per heavy atom. The van der Waals surface area contributed by atoms with Crippen molar-refractivity contribution in [2.24, 2.45) is 0 Å². The molecule has 0 aliphatic carbocycles. The zero-order valence-corrected chi connectivity index (χ0v) is 9.21. The smallest absolute Gasteiger partial charge is 0.107 e. The van der Waals surface area contributed by atoms with Crippen LogP contribution in [0, 0.1) is 11.5 Å². The third-order valence-corrected chi connectivity index (χ3v) is 1.82. The number of benzene rings is 1. The van der Waals surface area contributed by atoms with Crippen molar-refractivity contribution in [3.63, 3.8) is 0 Å². The standard InChI is InChI=1S/C10H12OSi/c12-8-4-7-11-9-10-5-2-1-3-6-10/h1-3,5-6H,7,9H2,12H3. The molecule has 0 aliphatic rings. The van der Waals surface area contributed by atoms with Gasteiger partial charge in [0, 0.05) is 0 Å². The van der Waals surface area contributed by atoms with E-state index < -0.39 is 0 Å². The quantitative estimate of drug-likeness (QED) is 0.371. The molecule has 0 N–H and O–H groups in total. The van der Waals surface area contributed by atoms with Crippen molar-refractivity contribution in [1.29, 1.82) is 0 Å². The van der Waals surface area contributed by atoms with Gasteiger partial charge in [-0.15, -0.1) is 5.54 Å². The lowest BCUT2D eigenvalue weighted by Crippen LogP contribution is -1.92. The minimum absolute atomic E-state index is 0.554. The zero-order chi connectivity index (χ0) is 8.65. The topological polar surface area (TPSA) is 9.23 Å². The second kappa shape index (κ2) is 5.59. The summed E-state index contributed by atoms with van der Waals surface area (Å²) in [6.07, 6.45) is 0. The second-order valence-electron chi connectivity index (χ2n) is 2.41. The van der Waals surface area contributed by atoms with Gasteiger partial charge in [0.05, 0.1) is 16.8 Å². The van der Waals surface area contributed by atoms with E-state index in [1.165, 1.54) is 5.56 Å². The van der Waals surface area contributed by atoms with Gasteiger partial charge in [-0.1, -0.05) is 36.3 Å². The Morgan fingerprint density at radius 3 is 2.67 bits per heavy atom. The summed E-state index contributed by atoms with van der Waals surface area (Å²) in [5.41, 5.74) is 4.12. The molecule has 0 aromatic heterocycles. The maximum Gasteiger partial charge on any atom is 0.107 e. The Hall–Kier alpha value is -1.04. The molecule has 0 saturated heterocycles. The highest BCUT2D eigenvalue weighted by Gasteiger charge is 1.88. The molecule has 0 radical (unpaired) electrons. The van der Waals surface area contributed by atoms with E-state index in [1.54, 1.807) is 0 Å². The second-order valence-corrected chi connectivity index (χ2v) is 2.91. The van der Waals surface area contributed by atoms with E-state index in [0.717, 1.165) is 10.2 Å². The molecule has 12 heavy (non-hydrogen) atoms. The predicted molar refractivity (Wildman–Crippen MR) is 53.8 cm³/mol. The summed E-state index contributed by atoms with van der Waals surface area (Å²) in [7, 11) is 0.935. The summed E-state index contributed by atoms with van der Waals surface area (Å²) in [6.45, 7) is 1.22. The fraction of sp³-hybridized carbons (Fsp3) is 0.200. The minimum Gasteiger partial charge on any atom is -0.364 e. The third kappa shape index (κ3) is 3.38. The van der Waals surface area contributed by atoms with Crippen LogP contribution in [0.15, 0.2) is 30.3 Å². The van der Waals surface area contributed by atoms with E-state index in [0.29, 0.717) is 13.2 Å². The van der Waals surface area contributed by atoms with E-state index in [2.05, 4.69) is 11.5 Å². The van der Waals surface area contributed by atoms with Crippen molar-refractivity contribution in [2.75, 3.05) is 6.61 Å². The van der Waals surface area contributed by atoms with Gasteiger partial charge in [0.2, 0.25) is 0 Å². The normalized spacial score (nSPS) is 9.00. The number of rotatable bonds is 3. The van der Waals surface area contributed by atoms with Gasteiger partial charge in [-0.2, -0.15) is 0 Å². The Balaban J connectivity index is 2.27. The zero-order valence-electron chi connectivity index (χ0n) is 7.21. The Labute approximate surface area is 76.2 Å². The molecule has 2 heteroatoms. The molecule has 0 atom stereocenters. The first kappa shape index (κ1) is 9.05. The van der Waals surface area contributed by atoms with Gasteiger partial charge >= 0.3 is 0 Å². The lowest BCUT2D eigenvalue weighted by molar-refractivity contribution is 0.153. The average molecular weight is 176 g/mol. The summed E-state index contributed by atoms with van der Waals surface area (Å²) in [5.74, 6) is 2.91. The molecule has 1 aromatic rings. The van der Waals surface area contributed by atoms with Crippen molar-refractivity contribution in [3.8, 4) is 11.5 Å². The monoisotopic (exact) mass is 176 g/mol. The molecule has 0 aliphatic heterocycles. The average Bonchev–Trinajstić information content (AvgIpc) is 2.14. The fourth-order valence-corrected chi connectivity index (χ4v) is 1.01. The van der Waals surface area contributed by atoms with Crippen LogP contribution in [0.4, 0.5) is 0 Å². The number of ether oxygens (including phenoxy) is 1. The highest BCUT2D eigenvalue weighted by atomic mass is 28.1. The van der Waals surface area contributed by atoms with Crippen molar-refractivity contribution in [1.82, 2.24) is 0 Å². The first-order chi connectivity index (χ1) is 5.93. The lowest BCUT2D eigenvalue weighted by Gasteiger charge is -1.98. The first-order valence-electron chi connectivity index (χ1n) is 3.95. The van der Waals surface area contributed by atoms with E-state index in [1.807, 2.05) is 30.3 Å². The Bertz CT molecular complexity index is 271. The fourth-order valence-electron chi connectivity index (χ4n) is 0.866. The molecular weight excluding hydrogens is 164 g/mol. The van der Waals surface area contributed by atoms with Crippen LogP contribution in [0.5, 0.6) is 0 Å². The molecule has 0 bridgehead atoms. The molecule has 1 nitrogen and oxygen atoms in total. The molecule has 1 rings (SSSR count). The summed E-state index contributed by atoms with van der Waals surface area (Å²) in [5, 5.41) is 0. The van der Waals surface area contributed by atoms with Crippen LogP contribution in [0.3, 0.4) is 0 Å². The molecule has 0 saturated carbocycles. The molecule has 0 amide bonds. The van der Waals surface area contributed by atoms with Crippen LogP contribution >= 0.6 is 0 Å². The number of hydrogen-bond donors (Lipinski definition) is 0. The Kier molecular flexibility index (Phi) is 4.21. The van der Waals surface area contributed by atoms with Crippen LogP contribution in [-0.2, 0) is 11.3 Å². The van der Waals surface area contributed by atoms with Crippen LogP contribution in [-0.4, -0.2) is 16.8 Å². The third-order valence-electron chi connectivity index (χ3n) is 1.46. The van der Waals surface area contributed by atoms with Gasteiger partial charge in [0.15, 0.2) is 0 Å². The molecule has 0 spiro atoms. The van der Waals surface area contributed by atoms with Crippen LogP contribution in [0.2, 0.25) is 0 Å². The predicted octanol–water partition coefficient (Wildman–Crippen LogP) is 0.529. The molecular formula is C10H12OSi. The largest absolute Gasteiger partial charge is 0.364 e.